The van der Waals surface area contributed by atoms with Crippen LogP contribution in [0.2, 0.25) is 0 Å². The molecule has 0 saturated heterocycles. The van der Waals surface area contributed by atoms with Crippen LogP contribution in [-0.4, -0.2) is 29.1 Å². The Labute approximate surface area is 194 Å². The van der Waals surface area contributed by atoms with Gasteiger partial charge in [0.25, 0.3) is 0 Å². The van der Waals surface area contributed by atoms with E-state index >= 15 is 0 Å². The lowest BCUT2D eigenvalue weighted by molar-refractivity contribution is -0.159. The Kier molecular flexibility index (Phi) is 6.08. The van der Waals surface area contributed by atoms with E-state index < -0.39 is 17.0 Å². The van der Waals surface area contributed by atoms with Crippen LogP contribution in [0, 0.1) is 11.3 Å². The molecule has 33 heavy (non-hydrogen) atoms. The Morgan fingerprint density at radius 1 is 1.18 bits per heavy atom. The minimum Gasteiger partial charge on any atom is -0.493 e. The van der Waals surface area contributed by atoms with Gasteiger partial charge < -0.3 is 19.5 Å². The molecule has 1 aromatic carbocycles. The summed E-state index contributed by atoms with van der Waals surface area (Å²) >= 11 is 0. The SMILES string of the molecule is CC[C@@](C)(CC(=O)OC(C)(C)C)C(=O)Nc1ccc(Oc2cccc3c2C2CC2CO3)nc1. The molecule has 2 unspecified atom stereocenters. The number of benzene rings is 1. The Morgan fingerprint density at radius 2 is 1.97 bits per heavy atom. The number of hydrogen-bond donors (Lipinski definition) is 1. The summed E-state index contributed by atoms with van der Waals surface area (Å²) in [4.78, 5) is 29.6. The molecule has 0 bridgehead atoms. The first kappa shape index (κ1) is 23.1. The number of amides is 1. The highest BCUT2D eigenvalue weighted by atomic mass is 16.6. The van der Waals surface area contributed by atoms with Crippen LogP contribution in [0.15, 0.2) is 36.5 Å². The molecule has 7 heteroatoms. The van der Waals surface area contributed by atoms with Crippen LogP contribution in [0.25, 0.3) is 0 Å². The van der Waals surface area contributed by atoms with Crippen LogP contribution in [-0.2, 0) is 14.3 Å². The predicted molar refractivity (Wildman–Crippen MR) is 125 cm³/mol. The van der Waals surface area contributed by atoms with E-state index in [9.17, 15) is 9.59 Å². The zero-order chi connectivity index (χ0) is 23.8. The third kappa shape index (κ3) is 5.29. The lowest BCUT2D eigenvalue weighted by Gasteiger charge is -2.28. The van der Waals surface area contributed by atoms with Gasteiger partial charge in [0.05, 0.1) is 30.3 Å². The van der Waals surface area contributed by atoms with E-state index in [1.54, 1.807) is 25.3 Å². The Bertz CT molecular complexity index is 1040. The summed E-state index contributed by atoms with van der Waals surface area (Å²) in [6, 6.07) is 9.30. The molecule has 1 aromatic heterocycles. The minimum absolute atomic E-state index is 0.00454. The minimum atomic E-state index is -0.887. The highest BCUT2D eigenvalue weighted by Crippen LogP contribution is 2.57. The summed E-state index contributed by atoms with van der Waals surface area (Å²) in [5.41, 5.74) is 0.180. The Hall–Kier alpha value is -3.09. The number of aromatic nitrogens is 1. The number of rotatable bonds is 7. The van der Waals surface area contributed by atoms with Gasteiger partial charge in [0.15, 0.2) is 0 Å². The third-order valence-electron chi connectivity index (χ3n) is 6.26. The molecule has 2 aliphatic rings. The van der Waals surface area contributed by atoms with Crippen molar-refractivity contribution in [2.24, 2.45) is 11.3 Å². The van der Waals surface area contributed by atoms with Crippen molar-refractivity contribution in [3.63, 3.8) is 0 Å². The lowest BCUT2D eigenvalue weighted by Crippen LogP contribution is -2.37. The van der Waals surface area contributed by atoms with Crippen molar-refractivity contribution in [2.75, 3.05) is 11.9 Å². The average molecular weight is 453 g/mol. The number of pyridine rings is 1. The molecule has 2 aromatic rings. The number of carbonyl (C=O) groups excluding carboxylic acids is 2. The van der Waals surface area contributed by atoms with Crippen molar-refractivity contribution in [3.8, 4) is 17.4 Å². The molecule has 1 saturated carbocycles. The third-order valence-corrected chi connectivity index (χ3v) is 6.26. The molecule has 4 rings (SSSR count). The number of hydrogen-bond acceptors (Lipinski definition) is 6. The maximum atomic E-state index is 13.0. The number of nitrogens with zero attached hydrogens (tertiary/aromatic N) is 1. The summed E-state index contributed by atoms with van der Waals surface area (Å²) in [6.07, 6.45) is 3.19. The summed E-state index contributed by atoms with van der Waals surface area (Å²) in [6.45, 7) is 9.86. The summed E-state index contributed by atoms with van der Waals surface area (Å²) in [7, 11) is 0. The Balaban J connectivity index is 1.40. The number of fused-ring (bicyclic) bond motifs is 3. The van der Waals surface area contributed by atoms with Crippen molar-refractivity contribution in [3.05, 3.63) is 42.1 Å². The largest absolute Gasteiger partial charge is 0.493 e. The van der Waals surface area contributed by atoms with Gasteiger partial charge in [0, 0.05) is 17.5 Å². The summed E-state index contributed by atoms with van der Waals surface area (Å²) in [5.74, 6) is 2.54. The normalized spacial score (nSPS) is 20.4. The second kappa shape index (κ2) is 8.69. The molecule has 0 radical (unpaired) electrons. The molecule has 1 N–H and O–H groups in total. The molecule has 2 heterocycles. The number of esters is 1. The van der Waals surface area contributed by atoms with E-state index in [1.165, 1.54) is 0 Å². The van der Waals surface area contributed by atoms with Crippen LogP contribution in [0.5, 0.6) is 17.4 Å². The van der Waals surface area contributed by atoms with Crippen LogP contribution < -0.4 is 14.8 Å². The first-order valence-corrected chi connectivity index (χ1v) is 11.5. The monoisotopic (exact) mass is 452 g/mol. The fourth-order valence-electron chi connectivity index (χ4n) is 4.06. The van der Waals surface area contributed by atoms with Crippen LogP contribution in [0.1, 0.15) is 65.4 Å². The average Bonchev–Trinajstić information content (AvgIpc) is 3.53. The zero-order valence-electron chi connectivity index (χ0n) is 19.9. The molecular weight excluding hydrogens is 420 g/mol. The van der Waals surface area contributed by atoms with Crippen molar-refractivity contribution >= 4 is 17.6 Å². The second-order valence-electron chi connectivity index (χ2n) is 10.2. The maximum absolute atomic E-state index is 13.0. The first-order chi connectivity index (χ1) is 15.6. The lowest BCUT2D eigenvalue weighted by atomic mass is 9.83. The number of carbonyl (C=O) groups is 2. The molecular formula is C26H32N2O5. The molecule has 1 aliphatic carbocycles. The van der Waals surface area contributed by atoms with Gasteiger partial charge in [0.1, 0.15) is 17.1 Å². The van der Waals surface area contributed by atoms with E-state index in [0.717, 1.165) is 30.1 Å². The summed E-state index contributed by atoms with van der Waals surface area (Å²) < 4.78 is 17.3. The highest BCUT2D eigenvalue weighted by molar-refractivity contribution is 5.97. The fraction of sp³-hybridized carbons (Fsp3) is 0.500. The van der Waals surface area contributed by atoms with Gasteiger partial charge in [-0.15, -0.1) is 0 Å². The van der Waals surface area contributed by atoms with Crippen LogP contribution in [0.4, 0.5) is 5.69 Å². The van der Waals surface area contributed by atoms with Crippen LogP contribution >= 0.6 is 0 Å². The van der Waals surface area contributed by atoms with Gasteiger partial charge in [-0.2, -0.15) is 0 Å². The molecule has 1 aliphatic heterocycles. The van der Waals surface area contributed by atoms with Crippen molar-refractivity contribution < 1.29 is 23.8 Å². The van der Waals surface area contributed by atoms with E-state index in [-0.39, 0.29) is 12.3 Å². The molecule has 176 valence electrons. The summed E-state index contributed by atoms with van der Waals surface area (Å²) in [5, 5.41) is 2.87. The molecule has 3 atom stereocenters. The predicted octanol–water partition coefficient (Wildman–Crippen LogP) is 5.46. The number of nitrogens with one attached hydrogen (secondary N) is 1. The van der Waals surface area contributed by atoms with Gasteiger partial charge in [-0.3, -0.25) is 9.59 Å². The van der Waals surface area contributed by atoms with E-state index in [2.05, 4.69) is 10.3 Å². The van der Waals surface area contributed by atoms with Gasteiger partial charge >= 0.3 is 5.97 Å². The molecule has 0 spiro atoms. The van der Waals surface area contributed by atoms with Crippen molar-refractivity contribution in [1.82, 2.24) is 4.98 Å². The van der Waals surface area contributed by atoms with Gasteiger partial charge in [0.2, 0.25) is 11.8 Å². The topological polar surface area (TPSA) is 86.8 Å². The second-order valence-corrected chi connectivity index (χ2v) is 10.2. The van der Waals surface area contributed by atoms with Crippen molar-refractivity contribution in [2.45, 2.75) is 65.4 Å². The van der Waals surface area contributed by atoms with Gasteiger partial charge in [-0.25, -0.2) is 4.98 Å². The fourth-order valence-corrected chi connectivity index (χ4v) is 4.06. The Morgan fingerprint density at radius 3 is 2.64 bits per heavy atom. The number of anilines is 1. The van der Waals surface area contributed by atoms with Crippen LogP contribution in [0.3, 0.4) is 0 Å². The molecule has 1 fully saturated rings. The van der Waals surface area contributed by atoms with E-state index in [1.807, 2.05) is 45.9 Å². The molecule has 1 amide bonds. The zero-order valence-corrected chi connectivity index (χ0v) is 19.9. The molecule has 7 nitrogen and oxygen atoms in total. The number of ether oxygens (including phenoxy) is 3. The quantitative estimate of drug-likeness (QED) is 0.562. The standard InChI is InChI=1S/C26H32N2O5/c1-6-26(5,13-22(29)33-25(2,3)4)24(30)28-17-10-11-21(27-14-17)32-20-9-7-8-19-23(20)18-12-16(18)15-31-19/h7-11,14,16,18H,6,12-13,15H2,1-5H3,(H,28,30)/t16?,18?,26-/m0/s1. The van der Waals surface area contributed by atoms with Crippen molar-refractivity contribution in [1.29, 1.82) is 0 Å². The van der Waals surface area contributed by atoms with Gasteiger partial charge in [-0.1, -0.05) is 19.9 Å². The van der Waals surface area contributed by atoms with E-state index in [0.29, 0.717) is 29.8 Å². The first-order valence-electron chi connectivity index (χ1n) is 11.5. The maximum Gasteiger partial charge on any atom is 0.307 e. The van der Waals surface area contributed by atoms with Gasteiger partial charge in [-0.05, 0) is 57.7 Å². The van der Waals surface area contributed by atoms with E-state index in [4.69, 9.17) is 14.2 Å². The smallest absolute Gasteiger partial charge is 0.307 e. The highest BCUT2D eigenvalue weighted by Gasteiger charge is 2.45.